The fourth-order valence-corrected chi connectivity index (χ4v) is 3.03. The largest absolute Gasteiger partial charge is 0.398 e. The van der Waals surface area contributed by atoms with Gasteiger partial charge < -0.3 is 27.8 Å². The van der Waals surface area contributed by atoms with E-state index in [1.54, 1.807) is 18.2 Å². The molecule has 0 fully saturated rings. The van der Waals surface area contributed by atoms with E-state index in [4.69, 9.17) is 17.2 Å². The van der Waals surface area contributed by atoms with Crippen molar-refractivity contribution in [3.8, 4) is 0 Å². The van der Waals surface area contributed by atoms with Crippen molar-refractivity contribution >= 4 is 29.5 Å². The molecule has 0 saturated heterocycles. The average Bonchev–Trinajstić information content (AvgIpc) is 2.73. The standard InChI is InChI=1S/C22H27N5O3/c1-2-6-16(14-7-4-3-5-8-14)21(29)26-15-9-10-18(23)17(13-15)20(25)27-22(30)19(24)11-12-28/h3-5,7-13,16,20H,2,6,23-25H2,1H3,(H,26,29)(H,27,30). The van der Waals surface area contributed by atoms with Gasteiger partial charge in [0, 0.05) is 23.0 Å². The van der Waals surface area contributed by atoms with Crippen LogP contribution in [0.5, 0.6) is 0 Å². The number of benzene rings is 2. The summed E-state index contributed by atoms with van der Waals surface area (Å²) in [7, 11) is 0. The molecule has 0 heterocycles. The molecule has 0 aliphatic carbocycles. The predicted octanol–water partition coefficient (Wildman–Crippen LogP) is 1.91. The summed E-state index contributed by atoms with van der Waals surface area (Å²) in [4.78, 5) is 35.3. The fourth-order valence-electron chi connectivity index (χ4n) is 3.03. The molecule has 2 atom stereocenters. The fraction of sp³-hybridized carbons (Fsp3) is 0.227. The van der Waals surface area contributed by atoms with Crippen molar-refractivity contribution in [2.75, 3.05) is 11.1 Å². The Hall–Kier alpha value is -3.65. The number of nitrogens with one attached hydrogen (secondary N) is 2. The third-order valence-electron chi connectivity index (χ3n) is 4.58. The van der Waals surface area contributed by atoms with Crippen LogP contribution in [0.4, 0.5) is 11.4 Å². The summed E-state index contributed by atoms with van der Waals surface area (Å²) in [6.07, 6.45) is 1.92. The lowest BCUT2D eigenvalue weighted by atomic mass is 9.93. The zero-order valence-electron chi connectivity index (χ0n) is 16.8. The minimum absolute atomic E-state index is 0.144. The molecule has 158 valence electrons. The number of carbonyl (C=O) groups excluding carboxylic acids is 3. The van der Waals surface area contributed by atoms with Gasteiger partial charge in [-0.3, -0.25) is 14.4 Å². The summed E-state index contributed by atoms with van der Waals surface area (Å²) in [5, 5.41) is 5.36. The smallest absolute Gasteiger partial charge is 0.268 e. The molecule has 30 heavy (non-hydrogen) atoms. The highest BCUT2D eigenvalue weighted by Gasteiger charge is 2.21. The molecular weight excluding hydrogens is 382 g/mol. The lowest BCUT2D eigenvalue weighted by molar-refractivity contribution is -0.119. The van der Waals surface area contributed by atoms with Crippen molar-refractivity contribution in [2.45, 2.75) is 31.8 Å². The van der Waals surface area contributed by atoms with Crippen LogP contribution >= 0.6 is 0 Å². The number of allylic oxidation sites excluding steroid dienone is 1. The van der Waals surface area contributed by atoms with Gasteiger partial charge in [0.25, 0.3) is 5.91 Å². The Balaban J connectivity index is 2.19. The number of carbonyl (C=O) groups is 3. The molecule has 2 rings (SSSR count). The van der Waals surface area contributed by atoms with Gasteiger partial charge in [0.15, 0.2) is 0 Å². The molecule has 8 heteroatoms. The van der Waals surface area contributed by atoms with Crippen LogP contribution in [0.15, 0.2) is 60.3 Å². The first-order valence-electron chi connectivity index (χ1n) is 9.60. The molecule has 2 aromatic rings. The normalized spacial score (nSPS) is 13.2. The topological polar surface area (TPSA) is 153 Å². The number of rotatable bonds is 9. The Morgan fingerprint density at radius 1 is 1.13 bits per heavy atom. The van der Waals surface area contributed by atoms with E-state index in [0.29, 0.717) is 29.6 Å². The molecule has 2 amide bonds. The first-order valence-corrected chi connectivity index (χ1v) is 9.60. The summed E-state index contributed by atoms with van der Waals surface area (Å²) in [6.45, 7) is 2.02. The van der Waals surface area contributed by atoms with E-state index in [1.807, 2.05) is 37.3 Å². The Morgan fingerprint density at radius 2 is 1.83 bits per heavy atom. The second-order valence-corrected chi connectivity index (χ2v) is 6.79. The summed E-state index contributed by atoms with van der Waals surface area (Å²) in [5.41, 5.74) is 19.4. The number of aldehydes is 1. The number of hydrogen-bond donors (Lipinski definition) is 5. The third-order valence-corrected chi connectivity index (χ3v) is 4.58. The summed E-state index contributed by atoms with van der Waals surface area (Å²) < 4.78 is 0. The van der Waals surface area contributed by atoms with Gasteiger partial charge in [0.1, 0.15) is 18.1 Å². The van der Waals surface area contributed by atoms with Gasteiger partial charge in [-0.1, -0.05) is 43.7 Å². The highest BCUT2D eigenvalue weighted by molar-refractivity contribution is 5.97. The lowest BCUT2D eigenvalue weighted by Gasteiger charge is -2.19. The van der Waals surface area contributed by atoms with Crippen molar-refractivity contribution < 1.29 is 14.4 Å². The van der Waals surface area contributed by atoms with Crippen LogP contribution in [0, 0.1) is 0 Å². The quantitative estimate of drug-likeness (QED) is 0.184. The molecule has 2 unspecified atom stereocenters. The molecular formula is C22H27N5O3. The van der Waals surface area contributed by atoms with E-state index in [9.17, 15) is 14.4 Å². The zero-order valence-corrected chi connectivity index (χ0v) is 16.8. The Morgan fingerprint density at radius 3 is 2.47 bits per heavy atom. The van der Waals surface area contributed by atoms with Crippen LogP contribution in [0.3, 0.4) is 0 Å². The van der Waals surface area contributed by atoms with Crippen molar-refractivity contribution in [1.29, 1.82) is 0 Å². The van der Waals surface area contributed by atoms with Gasteiger partial charge in [-0.25, -0.2) is 0 Å². The molecule has 0 aliphatic rings. The van der Waals surface area contributed by atoms with Gasteiger partial charge in [-0.15, -0.1) is 0 Å². The number of amides is 2. The third kappa shape index (κ3) is 5.92. The van der Waals surface area contributed by atoms with Crippen LogP contribution in [0.1, 0.15) is 43.0 Å². The van der Waals surface area contributed by atoms with Crippen molar-refractivity contribution in [1.82, 2.24) is 5.32 Å². The van der Waals surface area contributed by atoms with Gasteiger partial charge >= 0.3 is 0 Å². The van der Waals surface area contributed by atoms with Crippen LogP contribution in [-0.2, 0) is 14.4 Å². The maximum absolute atomic E-state index is 12.9. The SMILES string of the molecule is CCCC(C(=O)Nc1ccc(N)c(C(N)NC(=O)C(N)=CC=O)c1)c1ccccc1. The molecule has 8 nitrogen and oxygen atoms in total. The van der Waals surface area contributed by atoms with Crippen molar-refractivity contribution in [2.24, 2.45) is 11.5 Å². The molecule has 0 aliphatic heterocycles. The van der Waals surface area contributed by atoms with E-state index >= 15 is 0 Å². The summed E-state index contributed by atoms with van der Waals surface area (Å²) in [5.74, 6) is -1.14. The zero-order chi connectivity index (χ0) is 22.1. The Labute approximate surface area is 175 Å². The average molecular weight is 409 g/mol. The van der Waals surface area contributed by atoms with Crippen LogP contribution in [0.25, 0.3) is 0 Å². The van der Waals surface area contributed by atoms with Gasteiger partial charge in [-0.2, -0.15) is 0 Å². The minimum atomic E-state index is -0.978. The summed E-state index contributed by atoms with van der Waals surface area (Å²) in [6, 6.07) is 14.4. The number of nitrogen functional groups attached to an aromatic ring is 1. The highest BCUT2D eigenvalue weighted by atomic mass is 16.2. The lowest BCUT2D eigenvalue weighted by Crippen LogP contribution is -2.37. The predicted molar refractivity (Wildman–Crippen MR) is 117 cm³/mol. The molecule has 0 spiro atoms. The van der Waals surface area contributed by atoms with E-state index in [-0.39, 0.29) is 17.5 Å². The Kier molecular flexibility index (Phi) is 8.13. The first-order chi connectivity index (χ1) is 14.4. The van der Waals surface area contributed by atoms with Crippen LogP contribution in [-0.4, -0.2) is 18.1 Å². The second-order valence-electron chi connectivity index (χ2n) is 6.79. The van der Waals surface area contributed by atoms with E-state index in [2.05, 4.69) is 10.6 Å². The minimum Gasteiger partial charge on any atom is -0.398 e. The van der Waals surface area contributed by atoms with Crippen LogP contribution in [0.2, 0.25) is 0 Å². The number of nitrogens with two attached hydrogens (primary N) is 3. The number of hydrogen-bond acceptors (Lipinski definition) is 6. The van der Waals surface area contributed by atoms with E-state index in [0.717, 1.165) is 18.1 Å². The number of anilines is 2. The molecule has 0 aromatic heterocycles. The van der Waals surface area contributed by atoms with E-state index < -0.39 is 12.1 Å². The molecule has 8 N–H and O–H groups in total. The van der Waals surface area contributed by atoms with Gasteiger partial charge in [-0.05, 0) is 30.2 Å². The maximum Gasteiger partial charge on any atom is 0.268 e. The highest BCUT2D eigenvalue weighted by Crippen LogP contribution is 2.26. The molecule has 0 radical (unpaired) electrons. The van der Waals surface area contributed by atoms with Gasteiger partial charge in [0.2, 0.25) is 5.91 Å². The van der Waals surface area contributed by atoms with Crippen LogP contribution < -0.4 is 27.8 Å². The monoisotopic (exact) mass is 409 g/mol. The molecule has 0 saturated carbocycles. The summed E-state index contributed by atoms with van der Waals surface area (Å²) >= 11 is 0. The molecule has 0 bridgehead atoms. The van der Waals surface area contributed by atoms with Crippen molar-refractivity contribution in [3.63, 3.8) is 0 Å². The second kappa shape index (κ2) is 10.8. The first kappa shape index (κ1) is 22.6. The van der Waals surface area contributed by atoms with Gasteiger partial charge in [0.05, 0.1) is 5.92 Å². The van der Waals surface area contributed by atoms with Crippen molar-refractivity contribution in [3.05, 3.63) is 71.4 Å². The Bertz CT molecular complexity index is 928. The molecule has 2 aromatic carbocycles. The van der Waals surface area contributed by atoms with E-state index in [1.165, 1.54) is 0 Å². The maximum atomic E-state index is 12.9.